The smallest absolute Gasteiger partial charge is 0.253 e. The number of methoxy groups -OCH3 is 1. The lowest BCUT2D eigenvalue weighted by Crippen LogP contribution is -2.38. The van der Waals surface area contributed by atoms with Gasteiger partial charge in [-0.2, -0.15) is 0 Å². The molecule has 1 aliphatic rings. The van der Waals surface area contributed by atoms with Gasteiger partial charge in [0.25, 0.3) is 5.91 Å². The summed E-state index contributed by atoms with van der Waals surface area (Å²) in [6.07, 6.45) is 3.28. The van der Waals surface area contributed by atoms with Crippen LogP contribution in [0.2, 0.25) is 0 Å². The zero-order valence-corrected chi connectivity index (χ0v) is 13.6. The third kappa shape index (κ3) is 3.92. The van der Waals surface area contributed by atoms with E-state index in [-0.39, 0.29) is 5.91 Å². The molecular formula is C20H23NO2. The van der Waals surface area contributed by atoms with E-state index in [2.05, 4.69) is 30.3 Å². The highest BCUT2D eigenvalue weighted by Crippen LogP contribution is 2.23. The minimum absolute atomic E-state index is 0.130. The summed E-state index contributed by atoms with van der Waals surface area (Å²) in [7, 11) is 1.63. The molecule has 0 unspecified atom stereocenters. The van der Waals surface area contributed by atoms with Gasteiger partial charge in [0.2, 0.25) is 0 Å². The van der Waals surface area contributed by atoms with Crippen molar-refractivity contribution in [2.75, 3.05) is 20.2 Å². The van der Waals surface area contributed by atoms with Crippen molar-refractivity contribution in [1.82, 2.24) is 4.90 Å². The van der Waals surface area contributed by atoms with Gasteiger partial charge in [-0.15, -0.1) is 0 Å². The van der Waals surface area contributed by atoms with Gasteiger partial charge in [-0.1, -0.05) is 30.3 Å². The van der Waals surface area contributed by atoms with Crippen molar-refractivity contribution in [3.8, 4) is 5.75 Å². The standard InChI is InChI=1S/C20H23NO2/c1-23-19-9-7-18(8-10-19)20(22)21-13-11-17(12-14-21)15-16-5-3-2-4-6-16/h2-10,17H,11-15H2,1H3. The molecule has 0 aliphatic carbocycles. The Morgan fingerprint density at radius 3 is 2.30 bits per heavy atom. The highest BCUT2D eigenvalue weighted by atomic mass is 16.5. The van der Waals surface area contributed by atoms with Gasteiger partial charge in [-0.3, -0.25) is 4.79 Å². The molecule has 1 fully saturated rings. The van der Waals surface area contributed by atoms with Gasteiger partial charge < -0.3 is 9.64 Å². The summed E-state index contributed by atoms with van der Waals surface area (Å²) in [5, 5.41) is 0. The highest BCUT2D eigenvalue weighted by Gasteiger charge is 2.23. The second kappa shape index (κ2) is 7.32. The molecule has 0 spiro atoms. The fraction of sp³-hybridized carbons (Fsp3) is 0.350. The van der Waals surface area contributed by atoms with Crippen LogP contribution < -0.4 is 4.74 Å². The van der Waals surface area contributed by atoms with Crippen LogP contribution in [-0.2, 0) is 6.42 Å². The van der Waals surface area contributed by atoms with Gasteiger partial charge in [-0.25, -0.2) is 0 Å². The molecule has 1 heterocycles. The van der Waals surface area contributed by atoms with Gasteiger partial charge in [0.05, 0.1) is 7.11 Å². The Labute approximate surface area is 137 Å². The first kappa shape index (κ1) is 15.6. The number of nitrogens with zero attached hydrogens (tertiary/aromatic N) is 1. The first-order valence-corrected chi connectivity index (χ1v) is 8.23. The fourth-order valence-electron chi connectivity index (χ4n) is 3.20. The van der Waals surface area contributed by atoms with E-state index < -0.39 is 0 Å². The Balaban J connectivity index is 1.54. The van der Waals surface area contributed by atoms with Gasteiger partial charge in [0.15, 0.2) is 0 Å². The monoisotopic (exact) mass is 309 g/mol. The molecule has 0 aromatic heterocycles. The van der Waals surface area contributed by atoms with E-state index in [0.717, 1.165) is 43.7 Å². The topological polar surface area (TPSA) is 29.5 Å². The summed E-state index contributed by atoms with van der Waals surface area (Å²) in [5.41, 5.74) is 2.14. The number of hydrogen-bond acceptors (Lipinski definition) is 2. The SMILES string of the molecule is COc1ccc(C(=O)N2CCC(Cc3ccccc3)CC2)cc1. The number of hydrogen-bond donors (Lipinski definition) is 0. The number of likely N-dealkylation sites (tertiary alicyclic amines) is 1. The zero-order chi connectivity index (χ0) is 16.1. The first-order chi connectivity index (χ1) is 11.3. The van der Waals surface area contributed by atoms with Gasteiger partial charge >= 0.3 is 0 Å². The van der Waals surface area contributed by atoms with E-state index in [0.29, 0.717) is 5.92 Å². The molecule has 0 saturated carbocycles. The zero-order valence-electron chi connectivity index (χ0n) is 13.6. The molecule has 120 valence electrons. The molecule has 23 heavy (non-hydrogen) atoms. The van der Waals surface area contributed by atoms with E-state index in [4.69, 9.17) is 4.74 Å². The van der Waals surface area contributed by atoms with Crippen LogP contribution in [0.1, 0.15) is 28.8 Å². The van der Waals surface area contributed by atoms with Crippen molar-refractivity contribution >= 4 is 5.91 Å². The van der Waals surface area contributed by atoms with Crippen LogP contribution in [-0.4, -0.2) is 31.0 Å². The molecule has 3 heteroatoms. The van der Waals surface area contributed by atoms with E-state index in [1.54, 1.807) is 7.11 Å². The van der Waals surface area contributed by atoms with Crippen LogP contribution >= 0.6 is 0 Å². The quantitative estimate of drug-likeness (QED) is 0.860. The van der Waals surface area contributed by atoms with Crippen LogP contribution in [0.4, 0.5) is 0 Å². The number of piperidine rings is 1. The summed E-state index contributed by atoms with van der Waals surface area (Å²) < 4.78 is 5.14. The van der Waals surface area contributed by atoms with Gasteiger partial charge in [0.1, 0.15) is 5.75 Å². The van der Waals surface area contributed by atoms with Crippen molar-refractivity contribution in [1.29, 1.82) is 0 Å². The fourth-order valence-corrected chi connectivity index (χ4v) is 3.20. The second-order valence-electron chi connectivity index (χ2n) is 6.15. The largest absolute Gasteiger partial charge is 0.497 e. The van der Waals surface area contributed by atoms with Crippen LogP contribution in [0.5, 0.6) is 5.75 Å². The third-order valence-corrected chi connectivity index (χ3v) is 4.61. The molecule has 0 bridgehead atoms. The van der Waals surface area contributed by atoms with Crippen molar-refractivity contribution < 1.29 is 9.53 Å². The number of ether oxygens (including phenoxy) is 1. The van der Waals surface area contributed by atoms with E-state index in [1.165, 1.54) is 5.56 Å². The minimum atomic E-state index is 0.130. The van der Waals surface area contributed by atoms with Crippen molar-refractivity contribution in [3.63, 3.8) is 0 Å². The lowest BCUT2D eigenvalue weighted by Gasteiger charge is -2.32. The summed E-state index contributed by atoms with van der Waals surface area (Å²) in [6, 6.07) is 18.0. The second-order valence-corrected chi connectivity index (χ2v) is 6.15. The average Bonchev–Trinajstić information content (AvgIpc) is 2.63. The summed E-state index contributed by atoms with van der Waals surface area (Å²) >= 11 is 0. The Bertz CT molecular complexity index is 628. The Morgan fingerprint density at radius 2 is 1.70 bits per heavy atom. The maximum Gasteiger partial charge on any atom is 0.253 e. The van der Waals surface area contributed by atoms with E-state index >= 15 is 0 Å². The predicted octanol–water partition coefficient (Wildman–Crippen LogP) is 3.79. The molecule has 0 radical (unpaired) electrons. The molecule has 0 N–H and O–H groups in total. The maximum atomic E-state index is 12.5. The maximum absolute atomic E-state index is 12.5. The number of benzene rings is 2. The van der Waals surface area contributed by atoms with Gasteiger partial charge in [-0.05, 0) is 55.0 Å². The summed E-state index contributed by atoms with van der Waals surface area (Å²) in [4.78, 5) is 14.5. The Morgan fingerprint density at radius 1 is 1.04 bits per heavy atom. The molecule has 1 amide bonds. The van der Waals surface area contributed by atoms with Crippen molar-refractivity contribution in [2.24, 2.45) is 5.92 Å². The van der Waals surface area contributed by atoms with Crippen LogP contribution in [0.3, 0.4) is 0 Å². The third-order valence-electron chi connectivity index (χ3n) is 4.61. The van der Waals surface area contributed by atoms with Crippen LogP contribution in [0.15, 0.2) is 54.6 Å². The lowest BCUT2D eigenvalue weighted by molar-refractivity contribution is 0.0690. The van der Waals surface area contributed by atoms with Crippen LogP contribution in [0.25, 0.3) is 0 Å². The molecule has 0 atom stereocenters. The van der Waals surface area contributed by atoms with Crippen molar-refractivity contribution in [3.05, 3.63) is 65.7 Å². The molecule has 3 rings (SSSR count). The summed E-state index contributed by atoms with van der Waals surface area (Å²) in [6.45, 7) is 1.70. The minimum Gasteiger partial charge on any atom is -0.497 e. The number of carbonyl (C=O) groups is 1. The van der Waals surface area contributed by atoms with Gasteiger partial charge in [0, 0.05) is 18.7 Å². The Hall–Kier alpha value is -2.29. The normalized spacial score (nSPS) is 15.4. The first-order valence-electron chi connectivity index (χ1n) is 8.23. The van der Waals surface area contributed by atoms with Crippen LogP contribution in [0, 0.1) is 5.92 Å². The van der Waals surface area contributed by atoms with E-state index in [1.807, 2.05) is 29.2 Å². The van der Waals surface area contributed by atoms with E-state index in [9.17, 15) is 4.79 Å². The molecule has 2 aromatic rings. The molecule has 1 aliphatic heterocycles. The number of rotatable bonds is 4. The molecule has 2 aromatic carbocycles. The Kier molecular flexibility index (Phi) is 4.96. The highest BCUT2D eigenvalue weighted by molar-refractivity contribution is 5.94. The van der Waals surface area contributed by atoms with Crippen molar-refractivity contribution in [2.45, 2.75) is 19.3 Å². The predicted molar refractivity (Wildman–Crippen MR) is 91.8 cm³/mol. The molecular weight excluding hydrogens is 286 g/mol. The average molecular weight is 309 g/mol. The molecule has 3 nitrogen and oxygen atoms in total. The molecule has 1 saturated heterocycles. The number of carbonyl (C=O) groups excluding carboxylic acids is 1. The summed E-state index contributed by atoms with van der Waals surface area (Å²) in [5.74, 6) is 1.59. The number of amides is 1. The lowest BCUT2D eigenvalue weighted by atomic mass is 9.90.